The zero-order chi connectivity index (χ0) is 11.7. The summed E-state index contributed by atoms with van der Waals surface area (Å²) >= 11 is 3.56. The van der Waals surface area contributed by atoms with Crippen LogP contribution in [0.15, 0.2) is 59.2 Å². The number of hydrogen-bond donors (Lipinski definition) is 1. The highest BCUT2D eigenvalue weighted by molar-refractivity contribution is 9.10. The molecule has 0 aliphatic carbocycles. The summed E-state index contributed by atoms with van der Waals surface area (Å²) < 4.78 is 1.12. The van der Waals surface area contributed by atoms with Crippen molar-refractivity contribution in [1.82, 2.24) is 4.98 Å². The molecular weight excluding hydrogens is 274 g/mol. The van der Waals surface area contributed by atoms with Crippen molar-refractivity contribution in [2.24, 2.45) is 0 Å². The van der Waals surface area contributed by atoms with Crippen molar-refractivity contribution in [2.75, 3.05) is 0 Å². The molecule has 0 unspecified atom stereocenters. The van der Waals surface area contributed by atoms with Gasteiger partial charge in [-0.25, -0.2) is 0 Å². The molecule has 1 aromatic heterocycles. The first kappa shape index (κ1) is 10.6. The third kappa shape index (κ3) is 2.01. The maximum atomic E-state index is 3.56. The van der Waals surface area contributed by atoms with Crippen LogP contribution in [-0.4, -0.2) is 4.98 Å². The SMILES string of the molecule is Brc1cccc2c(Cc3ccccc3)c[nH]c12. The molecule has 1 nitrogen and oxygen atoms in total. The Labute approximate surface area is 109 Å². The smallest absolute Gasteiger partial charge is 0.0601 e. The first-order chi connectivity index (χ1) is 8.34. The molecule has 0 aliphatic rings. The van der Waals surface area contributed by atoms with E-state index in [-0.39, 0.29) is 0 Å². The predicted octanol–water partition coefficient (Wildman–Crippen LogP) is 4.52. The van der Waals surface area contributed by atoms with Gasteiger partial charge in [0.2, 0.25) is 0 Å². The van der Waals surface area contributed by atoms with Crippen molar-refractivity contribution in [3.63, 3.8) is 0 Å². The average Bonchev–Trinajstić information content (AvgIpc) is 2.76. The summed E-state index contributed by atoms with van der Waals surface area (Å²) in [5, 5.41) is 1.29. The van der Waals surface area contributed by atoms with Crippen LogP contribution in [0.3, 0.4) is 0 Å². The molecule has 84 valence electrons. The molecule has 0 amide bonds. The van der Waals surface area contributed by atoms with Gasteiger partial charge < -0.3 is 4.98 Å². The molecule has 2 heteroatoms. The maximum absolute atomic E-state index is 3.56. The van der Waals surface area contributed by atoms with E-state index in [9.17, 15) is 0 Å². The zero-order valence-corrected chi connectivity index (χ0v) is 10.9. The van der Waals surface area contributed by atoms with E-state index in [1.165, 1.54) is 22.0 Å². The Morgan fingerprint density at radius 3 is 2.59 bits per heavy atom. The van der Waals surface area contributed by atoms with Crippen LogP contribution >= 0.6 is 15.9 Å². The van der Waals surface area contributed by atoms with Crippen LogP contribution in [0.1, 0.15) is 11.1 Å². The molecule has 0 bridgehead atoms. The highest BCUT2D eigenvalue weighted by atomic mass is 79.9. The molecule has 0 radical (unpaired) electrons. The van der Waals surface area contributed by atoms with Crippen LogP contribution in [0.5, 0.6) is 0 Å². The van der Waals surface area contributed by atoms with E-state index in [0.29, 0.717) is 0 Å². The third-order valence-corrected chi connectivity index (χ3v) is 3.65. The number of H-pyrrole nitrogens is 1. The fourth-order valence-electron chi connectivity index (χ4n) is 2.14. The summed E-state index contributed by atoms with van der Waals surface area (Å²) in [6, 6.07) is 16.8. The number of halogens is 1. The number of hydrogen-bond acceptors (Lipinski definition) is 0. The Balaban J connectivity index is 2.05. The van der Waals surface area contributed by atoms with Crippen LogP contribution in [-0.2, 0) is 6.42 Å². The van der Waals surface area contributed by atoms with Crippen molar-refractivity contribution >= 4 is 26.8 Å². The molecule has 3 rings (SSSR count). The predicted molar refractivity (Wildman–Crippen MR) is 75.2 cm³/mol. The van der Waals surface area contributed by atoms with Gasteiger partial charge in [0.15, 0.2) is 0 Å². The minimum Gasteiger partial charge on any atom is -0.360 e. The number of benzene rings is 2. The van der Waals surface area contributed by atoms with Crippen LogP contribution in [0.2, 0.25) is 0 Å². The lowest BCUT2D eigenvalue weighted by Gasteiger charge is -2.00. The Morgan fingerprint density at radius 1 is 0.941 bits per heavy atom. The number of aromatic amines is 1. The van der Waals surface area contributed by atoms with E-state index < -0.39 is 0 Å². The summed E-state index contributed by atoms with van der Waals surface area (Å²) in [5.74, 6) is 0. The second kappa shape index (κ2) is 4.38. The summed E-state index contributed by atoms with van der Waals surface area (Å²) in [5.41, 5.74) is 3.86. The molecule has 1 N–H and O–H groups in total. The van der Waals surface area contributed by atoms with Gasteiger partial charge in [-0.2, -0.15) is 0 Å². The van der Waals surface area contributed by atoms with Gasteiger partial charge in [0.05, 0.1) is 5.52 Å². The van der Waals surface area contributed by atoms with Crippen LogP contribution in [0.25, 0.3) is 10.9 Å². The topological polar surface area (TPSA) is 15.8 Å². The van der Waals surface area contributed by atoms with Crippen molar-refractivity contribution in [3.05, 3.63) is 70.3 Å². The van der Waals surface area contributed by atoms with Gasteiger partial charge >= 0.3 is 0 Å². The fraction of sp³-hybridized carbons (Fsp3) is 0.0667. The van der Waals surface area contributed by atoms with E-state index in [1.807, 2.05) is 0 Å². The van der Waals surface area contributed by atoms with E-state index in [4.69, 9.17) is 0 Å². The van der Waals surface area contributed by atoms with Gasteiger partial charge in [0.1, 0.15) is 0 Å². The number of rotatable bonds is 2. The van der Waals surface area contributed by atoms with Gasteiger partial charge in [0.25, 0.3) is 0 Å². The average molecular weight is 286 g/mol. The standard InChI is InChI=1S/C15H12BrN/c16-14-8-4-7-13-12(10-17-15(13)14)9-11-5-2-1-3-6-11/h1-8,10,17H,9H2. The van der Waals surface area contributed by atoms with Gasteiger partial charge in [-0.3, -0.25) is 0 Å². The third-order valence-electron chi connectivity index (χ3n) is 2.99. The molecule has 0 fully saturated rings. The van der Waals surface area contributed by atoms with Gasteiger partial charge in [0, 0.05) is 16.1 Å². The first-order valence-corrected chi connectivity index (χ1v) is 6.42. The van der Waals surface area contributed by atoms with Gasteiger partial charge in [-0.1, -0.05) is 42.5 Å². The van der Waals surface area contributed by atoms with Gasteiger partial charge in [-0.05, 0) is 39.5 Å². The summed E-state index contributed by atoms with van der Waals surface area (Å²) in [4.78, 5) is 3.33. The molecule has 0 aliphatic heterocycles. The Kier molecular flexibility index (Phi) is 2.73. The Morgan fingerprint density at radius 2 is 1.76 bits per heavy atom. The highest BCUT2D eigenvalue weighted by Crippen LogP contribution is 2.26. The second-order valence-electron chi connectivity index (χ2n) is 4.14. The maximum Gasteiger partial charge on any atom is 0.0601 e. The normalized spacial score (nSPS) is 10.9. The molecule has 2 aromatic carbocycles. The van der Waals surface area contributed by atoms with Crippen LogP contribution < -0.4 is 0 Å². The lowest BCUT2D eigenvalue weighted by molar-refractivity contribution is 1.21. The lowest BCUT2D eigenvalue weighted by Crippen LogP contribution is -1.85. The number of fused-ring (bicyclic) bond motifs is 1. The van der Waals surface area contributed by atoms with E-state index in [0.717, 1.165) is 10.9 Å². The van der Waals surface area contributed by atoms with Gasteiger partial charge in [-0.15, -0.1) is 0 Å². The zero-order valence-electron chi connectivity index (χ0n) is 9.28. The molecule has 0 saturated carbocycles. The molecule has 17 heavy (non-hydrogen) atoms. The minimum absolute atomic E-state index is 0.970. The number of aromatic nitrogens is 1. The van der Waals surface area contributed by atoms with Crippen LogP contribution in [0.4, 0.5) is 0 Å². The molecule has 3 aromatic rings. The molecular formula is C15H12BrN. The minimum atomic E-state index is 0.970. The van der Waals surface area contributed by atoms with Crippen LogP contribution in [0, 0.1) is 0 Å². The van der Waals surface area contributed by atoms with E-state index >= 15 is 0 Å². The van der Waals surface area contributed by atoms with Crippen molar-refractivity contribution < 1.29 is 0 Å². The lowest BCUT2D eigenvalue weighted by atomic mass is 10.0. The summed E-state index contributed by atoms with van der Waals surface area (Å²) in [7, 11) is 0. The van der Waals surface area contributed by atoms with E-state index in [2.05, 4.69) is 75.6 Å². The van der Waals surface area contributed by atoms with Crippen molar-refractivity contribution in [3.8, 4) is 0 Å². The number of nitrogens with one attached hydrogen (secondary N) is 1. The summed E-state index contributed by atoms with van der Waals surface area (Å²) in [6.07, 6.45) is 3.07. The molecule has 0 atom stereocenters. The molecule has 0 saturated heterocycles. The van der Waals surface area contributed by atoms with Crippen molar-refractivity contribution in [2.45, 2.75) is 6.42 Å². The fourth-order valence-corrected chi connectivity index (χ4v) is 2.62. The van der Waals surface area contributed by atoms with E-state index in [1.54, 1.807) is 0 Å². The first-order valence-electron chi connectivity index (χ1n) is 5.63. The van der Waals surface area contributed by atoms with Crippen molar-refractivity contribution in [1.29, 1.82) is 0 Å². The molecule has 0 spiro atoms. The number of para-hydroxylation sites is 1. The monoisotopic (exact) mass is 285 g/mol. The second-order valence-corrected chi connectivity index (χ2v) is 4.99. The molecule has 1 heterocycles. The highest BCUT2D eigenvalue weighted by Gasteiger charge is 2.06. The Hall–Kier alpha value is -1.54. The Bertz CT molecular complexity index is 640. The largest absolute Gasteiger partial charge is 0.360 e. The summed E-state index contributed by atoms with van der Waals surface area (Å²) in [6.45, 7) is 0. The quantitative estimate of drug-likeness (QED) is 0.713.